The number of aromatic nitrogens is 4. The second-order valence-electron chi connectivity index (χ2n) is 5.84. The molecule has 0 aliphatic carbocycles. The smallest absolute Gasteiger partial charge is 0.269 e. The summed E-state index contributed by atoms with van der Waals surface area (Å²) in [5.74, 6) is 1.41. The van der Waals surface area contributed by atoms with E-state index in [-0.39, 0.29) is 5.91 Å². The molecular weight excluding hydrogens is 294 g/mol. The van der Waals surface area contributed by atoms with Crippen molar-refractivity contribution < 1.29 is 4.79 Å². The summed E-state index contributed by atoms with van der Waals surface area (Å²) >= 11 is 0. The summed E-state index contributed by atoms with van der Waals surface area (Å²) in [4.78, 5) is 26.8. The monoisotopic (exact) mass is 315 g/mol. The number of anilines is 2. The topological polar surface area (TPSA) is 102 Å². The van der Waals surface area contributed by atoms with Gasteiger partial charge in [-0.25, -0.2) is 9.97 Å². The van der Waals surface area contributed by atoms with Crippen molar-refractivity contribution in [2.45, 2.75) is 12.8 Å². The number of carbonyl (C=O) groups is 1. The van der Waals surface area contributed by atoms with Gasteiger partial charge in [0.1, 0.15) is 11.5 Å². The maximum absolute atomic E-state index is 12.1. The second kappa shape index (κ2) is 6.64. The molecule has 1 unspecified atom stereocenters. The number of imidazole rings is 1. The maximum atomic E-state index is 12.1. The standard InChI is InChI=1S/C15H21N7O/c1-21-10-17-8-12(21)14(23)19-7-11-3-2-6-22(9-11)15-18-5-4-13(16)20-15/h4-5,8,10-11H,2-3,6-7,9H2,1H3,(H,19,23)(H2,16,18,20). The lowest BCUT2D eigenvalue weighted by Crippen LogP contribution is -2.42. The number of rotatable bonds is 4. The summed E-state index contributed by atoms with van der Waals surface area (Å²) in [6.45, 7) is 2.35. The molecule has 2 aromatic heterocycles. The van der Waals surface area contributed by atoms with E-state index < -0.39 is 0 Å². The van der Waals surface area contributed by atoms with Gasteiger partial charge in [-0.1, -0.05) is 0 Å². The van der Waals surface area contributed by atoms with Crippen LogP contribution in [0.3, 0.4) is 0 Å². The first-order valence-corrected chi connectivity index (χ1v) is 7.71. The zero-order valence-electron chi connectivity index (χ0n) is 13.1. The van der Waals surface area contributed by atoms with Gasteiger partial charge in [0.25, 0.3) is 5.91 Å². The van der Waals surface area contributed by atoms with Crippen molar-refractivity contribution in [3.05, 3.63) is 30.5 Å². The molecule has 1 saturated heterocycles. The van der Waals surface area contributed by atoms with Crippen molar-refractivity contribution in [3.63, 3.8) is 0 Å². The predicted octanol–water partition coefficient (Wildman–Crippen LogP) is 0.439. The van der Waals surface area contributed by atoms with Gasteiger partial charge in [0.05, 0.1) is 12.5 Å². The lowest BCUT2D eigenvalue weighted by molar-refractivity contribution is 0.0937. The summed E-state index contributed by atoms with van der Waals surface area (Å²) in [7, 11) is 1.81. The Morgan fingerprint density at radius 3 is 3.13 bits per heavy atom. The van der Waals surface area contributed by atoms with E-state index >= 15 is 0 Å². The number of hydrogen-bond donors (Lipinski definition) is 2. The molecule has 1 atom stereocenters. The molecule has 1 fully saturated rings. The Bertz CT molecular complexity index is 684. The molecular formula is C15H21N7O. The van der Waals surface area contributed by atoms with Gasteiger partial charge in [-0.2, -0.15) is 4.98 Å². The molecule has 23 heavy (non-hydrogen) atoms. The lowest BCUT2D eigenvalue weighted by Gasteiger charge is -2.32. The third-order valence-corrected chi connectivity index (χ3v) is 4.07. The molecule has 0 radical (unpaired) electrons. The third kappa shape index (κ3) is 3.58. The van der Waals surface area contributed by atoms with Gasteiger partial charge >= 0.3 is 0 Å². The average molecular weight is 315 g/mol. The van der Waals surface area contributed by atoms with E-state index in [1.807, 2.05) is 0 Å². The van der Waals surface area contributed by atoms with Crippen molar-refractivity contribution in [3.8, 4) is 0 Å². The minimum absolute atomic E-state index is 0.0951. The molecule has 0 aromatic carbocycles. The number of amides is 1. The van der Waals surface area contributed by atoms with E-state index in [0.717, 1.165) is 25.9 Å². The van der Waals surface area contributed by atoms with Crippen LogP contribution in [0.1, 0.15) is 23.3 Å². The first-order valence-electron chi connectivity index (χ1n) is 7.71. The largest absolute Gasteiger partial charge is 0.384 e. The highest BCUT2D eigenvalue weighted by molar-refractivity contribution is 5.92. The Morgan fingerprint density at radius 1 is 1.52 bits per heavy atom. The first-order chi connectivity index (χ1) is 11.1. The number of nitrogen functional groups attached to an aromatic ring is 1. The minimum atomic E-state index is -0.0951. The number of piperidine rings is 1. The van der Waals surface area contributed by atoms with Crippen molar-refractivity contribution in [2.24, 2.45) is 13.0 Å². The zero-order chi connectivity index (χ0) is 16.2. The van der Waals surface area contributed by atoms with Crippen LogP contribution in [0.4, 0.5) is 11.8 Å². The molecule has 0 saturated carbocycles. The fraction of sp³-hybridized carbons (Fsp3) is 0.467. The third-order valence-electron chi connectivity index (χ3n) is 4.07. The van der Waals surface area contributed by atoms with Gasteiger partial charge in [0.2, 0.25) is 5.95 Å². The molecule has 3 rings (SSSR count). The van der Waals surface area contributed by atoms with Gasteiger partial charge < -0.3 is 20.5 Å². The SMILES string of the molecule is Cn1cncc1C(=O)NCC1CCCN(c2nccc(N)n2)C1. The molecule has 1 aliphatic heterocycles. The van der Waals surface area contributed by atoms with Crippen molar-refractivity contribution in [1.29, 1.82) is 0 Å². The number of nitrogens with two attached hydrogens (primary N) is 1. The lowest BCUT2D eigenvalue weighted by atomic mass is 9.98. The first kappa shape index (κ1) is 15.3. The molecule has 2 aromatic rings. The number of nitrogens with zero attached hydrogens (tertiary/aromatic N) is 5. The predicted molar refractivity (Wildman–Crippen MR) is 86.9 cm³/mol. The van der Waals surface area contributed by atoms with Crippen LogP contribution in [0.5, 0.6) is 0 Å². The Kier molecular flexibility index (Phi) is 4.40. The molecule has 8 nitrogen and oxygen atoms in total. The van der Waals surface area contributed by atoms with Crippen LogP contribution in [-0.4, -0.2) is 45.1 Å². The second-order valence-corrected chi connectivity index (χ2v) is 5.84. The van der Waals surface area contributed by atoms with Crippen LogP contribution in [0.15, 0.2) is 24.8 Å². The quantitative estimate of drug-likeness (QED) is 0.849. The Labute approximate surface area is 134 Å². The highest BCUT2D eigenvalue weighted by atomic mass is 16.1. The Morgan fingerprint density at radius 2 is 2.39 bits per heavy atom. The summed E-state index contributed by atoms with van der Waals surface area (Å²) < 4.78 is 1.71. The van der Waals surface area contributed by atoms with Crippen molar-refractivity contribution >= 4 is 17.7 Å². The highest BCUT2D eigenvalue weighted by Crippen LogP contribution is 2.20. The van der Waals surface area contributed by atoms with E-state index in [1.165, 1.54) is 0 Å². The van der Waals surface area contributed by atoms with Gasteiger partial charge in [-0.3, -0.25) is 4.79 Å². The minimum Gasteiger partial charge on any atom is -0.384 e. The molecule has 1 amide bonds. The average Bonchev–Trinajstić information content (AvgIpc) is 2.99. The molecule has 3 heterocycles. The Hall–Kier alpha value is -2.64. The van der Waals surface area contributed by atoms with Crippen LogP contribution in [0.2, 0.25) is 0 Å². The molecule has 122 valence electrons. The van der Waals surface area contributed by atoms with Crippen LogP contribution in [-0.2, 0) is 7.05 Å². The summed E-state index contributed by atoms with van der Waals surface area (Å²) in [6, 6.07) is 1.68. The number of hydrogen-bond acceptors (Lipinski definition) is 6. The van der Waals surface area contributed by atoms with E-state index in [1.54, 1.807) is 36.4 Å². The fourth-order valence-electron chi connectivity index (χ4n) is 2.83. The van der Waals surface area contributed by atoms with E-state index in [0.29, 0.717) is 29.9 Å². The van der Waals surface area contributed by atoms with Gasteiger partial charge in [0, 0.05) is 32.9 Å². The van der Waals surface area contributed by atoms with Crippen LogP contribution < -0.4 is 16.0 Å². The van der Waals surface area contributed by atoms with E-state index in [2.05, 4.69) is 25.2 Å². The molecule has 0 bridgehead atoms. The highest BCUT2D eigenvalue weighted by Gasteiger charge is 2.22. The van der Waals surface area contributed by atoms with Crippen molar-refractivity contribution in [1.82, 2.24) is 24.8 Å². The molecule has 8 heteroatoms. The summed E-state index contributed by atoms with van der Waals surface area (Å²) in [5.41, 5.74) is 6.29. The normalized spacial score (nSPS) is 18.0. The summed E-state index contributed by atoms with van der Waals surface area (Å²) in [5, 5.41) is 2.99. The van der Waals surface area contributed by atoms with E-state index in [9.17, 15) is 4.79 Å². The van der Waals surface area contributed by atoms with Crippen LogP contribution in [0.25, 0.3) is 0 Å². The zero-order valence-corrected chi connectivity index (χ0v) is 13.1. The Balaban J connectivity index is 1.57. The number of carbonyl (C=O) groups excluding carboxylic acids is 1. The molecule has 1 aliphatic rings. The van der Waals surface area contributed by atoms with Gasteiger partial charge in [-0.15, -0.1) is 0 Å². The molecule has 3 N–H and O–H groups in total. The maximum Gasteiger partial charge on any atom is 0.269 e. The number of aryl methyl sites for hydroxylation is 1. The van der Waals surface area contributed by atoms with Gasteiger partial charge in [-0.05, 0) is 24.8 Å². The van der Waals surface area contributed by atoms with Gasteiger partial charge in [0.15, 0.2) is 0 Å². The molecule has 0 spiro atoms. The summed E-state index contributed by atoms with van der Waals surface area (Å²) in [6.07, 6.45) is 6.98. The number of nitrogens with one attached hydrogen (secondary N) is 1. The van der Waals surface area contributed by atoms with E-state index in [4.69, 9.17) is 5.73 Å². The fourth-order valence-corrected chi connectivity index (χ4v) is 2.83. The van der Waals surface area contributed by atoms with Crippen LogP contribution in [0, 0.1) is 5.92 Å². The van der Waals surface area contributed by atoms with Crippen LogP contribution >= 0.6 is 0 Å². The van der Waals surface area contributed by atoms with Crippen molar-refractivity contribution in [2.75, 3.05) is 30.3 Å².